The highest BCUT2D eigenvalue weighted by Crippen LogP contribution is 2.18. The van der Waals surface area contributed by atoms with Gasteiger partial charge in [0.15, 0.2) is 0 Å². The third kappa shape index (κ3) is 5.00. The number of carbonyl (C=O) groups is 1. The summed E-state index contributed by atoms with van der Waals surface area (Å²) < 4.78 is 11.2. The largest absolute Gasteiger partial charge is 0.353 e. The molecule has 0 aromatic carbocycles. The molecule has 0 radical (unpaired) electrons. The lowest BCUT2D eigenvalue weighted by molar-refractivity contribution is -0.118. The first-order valence-corrected chi connectivity index (χ1v) is 5.96. The number of hydrogen-bond donors (Lipinski definition) is 2. The minimum absolute atomic E-state index is 0.0953. The van der Waals surface area contributed by atoms with Crippen LogP contribution >= 0.6 is 0 Å². The molecule has 0 bridgehead atoms. The molecule has 0 aromatic rings. The molecule has 1 aliphatic carbocycles. The number of rotatable bonds is 5. The van der Waals surface area contributed by atoms with E-state index in [1.807, 2.05) is 0 Å². The summed E-state index contributed by atoms with van der Waals surface area (Å²) in [7, 11) is -1.11. The Morgan fingerprint density at radius 1 is 1.69 bits per heavy atom. The second-order valence-electron chi connectivity index (χ2n) is 3.57. The number of nitrogens with one attached hydrogen (secondary N) is 1. The lowest BCUT2D eigenvalue weighted by Crippen LogP contribution is -2.33. The molecule has 0 aromatic heterocycles. The lowest BCUT2D eigenvalue weighted by atomic mass is 10.4. The number of carbonyl (C=O) groups excluding carboxylic acids is 1. The van der Waals surface area contributed by atoms with Gasteiger partial charge in [-0.25, -0.2) is 0 Å². The Morgan fingerprint density at radius 3 is 2.77 bits per heavy atom. The molecular weight excluding hydrogens is 188 g/mol. The van der Waals surface area contributed by atoms with Crippen LogP contribution in [-0.4, -0.2) is 33.7 Å². The van der Waals surface area contributed by atoms with Gasteiger partial charge in [0.1, 0.15) is 5.75 Å². The summed E-state index contributed by atoms with van der Waals surface area (Å²) in [5.74, 6) is 0.386. The highest BCUT2D eigenvalue weighted by Gasteiger charge is 2.23. The number of hydrogen-bond acceptors (Lipinski definition) is 3. The summed E-state index contributed by atoms with van der Waals surface area (Å²) in [6, 6.07) is 0.245. The second kappa shape index (κ2) is 4.72. The van der Waals surface area contributed by atoms with Gasteiger partial charge in [-0.2, -0.15) is 0 Å². The number of nitrogens with two attached hydrogens (primary N) is 1. The van der Waals surface area contributed by atoms with Gasteiger partial charge < -0.3 is 11.1 Å². The monoisotopic (exact) mass is 204 g/mol. The van der Waals surface area contributed by atoms with Crippen LogP contribution in [0.25, 0.3) is 0 Å². The Kier molecular flexibility index (Phi) is 3.87. The average molecular weight is 204 g/mol. The maximum absolute atomic E-state index is 11.2. The smallest absolute Gasteiger partial charge is 0.232 e. The summed E-state index contributed by atoms with van der Waals surface area (Å²) in [6.07, 6.45) is 2.12. The molecule has 5 heteroatoms. The normalized spacial score (nSPS) is 20.8. The first-order chi connectivity index (χ1) is 6.08. The van der Waals surface area contributed by atoms with Crippen LogP contribution in [0.3, 0.4) is 0 Å². The van der Waals surface area contributed by atoms with Crippen molar-refractivity contribution in [3.05, 3.63) is 0 Å². The summed E-state index contributed by atoms with van der Waals surface area (Å²) >= 11 is 0. The summed E-state index contributed by atoms with van der Waals surface area (Å²) in [4.78, 5) is 11.1. The van der Waals surface area contributed by atoms with Gasteiger partial charge in [-0.3, -0.25) is 9.00 Å². The molecule has 0 heterocycles. The highest BCUT2D eigenvalue weighted by molar-refractivity contribution is 7.85. The van der Waals surface area contributed by atoms with E-state index in [0.717, 1.165) is 12.8 Å². The van der Waals surface area contributed by atoms with E-state index in [9.17, 15) is 9.00 Å². The molecule has 1 amide bonds. The van der Waals surface area contributed by atoms with Gasteiger partial charge in [-0.05, 0) is 19.8 Å². The first-order valence-electron chi connectivity index (χ1n) is 4.48. The van der Waals surface area contributed by atoms with E-state index in [0.29, 0.717) is 11.8 Å². The lowest BCUT2D eigenvalue weighted by Gasteiger charge is -2.05. The van der Waals surface area contributed by atoms with E-state index >= 15 is 0 Å². The van der Waals surface area contributed by atoms with Crippen LogP contribution in [0.4, 0.5) is 0 Å². The maximum atomic E-state index is 11.2. The van der Waals surface area contributed by atoms with Gasteiger partial charge in [0, 0.05) is 28.6 Å². The molecule has 1 aliphatic rings. The predicted molar refractivity (Wildman–Crippen MR) is 52.7 cm³/mol. The quantitative estimate of drug-likeness (QED) is 0.626. The summed E-state index contributed by atoms with van der Waals surface area (Å²) in [5, 5.41) is 2.79. The molecule has 0 saturated heterocycles. The van der Waals surface area contributed by atoms with Crippen LogP contribution in [0.1, 0.15) is 19.8 Å². The fraction of sp³-hybridized carbons (Fsp3) is 0.875. The Labute approximate surface area is 80.7 Å². The van der Waals surface area contributed by atoms with Crippen molar-refractivity contribution < 1.29 is 9.00 Å². The van der Waals surface area contributed by atoms with Gasteiger partial charge in [0.05, 0.1) is 0 Å². The van der Waals surface area contributed by atoms with E-state index in [2.05, 4.69) is 5.32 Å². The minimum Gasteiger partial charge on any atom is -0.353 e. The van der Waals surface area contributed by atoms with Gasteiger partial charge in [-0.15, -0.1) is 0 Å². The van der Waals surface area contributed by atoms with E-state index in [1.165, 1.54) is 0 Å². The Bertz CT molecular complexity index is 200. The second-order valence-corrected chi connectivity index (χ2v) is 5.07. The van der Waals surface area contributed by atoms with E-state index in [4.69, 9.17) is 5.73 Å². The number of amides is 1. The van der Waals surface area contributed by atoms with Crippen molar-refractivity contribution in [2.75, 3.05) is 11.5 Å². The van der Waals surface area contributed by atoms with Gasteiger partial charge in [0.25, 0.3) is 0 Å². The summed E-state index contributed by atoms with van der Waals surface area (Å²) in [5.41, 5.74) is 5.46. The maximum Gasteiger partial charge on any atom is 0.232 e. The topological polar surface area (TPSA) is 72.2 Å². The van der Waals surface area contributed by atoms with Crippen LogP contribution in [0.15, 0.2) is 0 Å². The standard InChI is InChI=1S/C8H16N2O2S/c1-6(9)4-13(12)5-8(11)10-7-2-3-7/h6-7H,2-5,9H2,1H3,(H,10,11). The Hall–Kier alpha value is -0.420. The predicted octanol–water partition coefficient (Wildman–Crippen LogP) is -0.639. The molecule has 4 nitrogen and oxygen atoms in total. The van der Waals surface area contributed by atoms with Crippen LogP contribution in [-0.2, 0) is 15.6 Å². The third-order valence-corrected chi connectivity index (χ3v) is 3.17. The zero-order valence-corrected chi connectivity index (χ0v) is 8.60. The van der Waals surface area contributed by atoms with Crippen molar-refractivity contribution in [2.24, 2.45) is 5.73 Å². The van der Waals surface area contributed by atoms with Crippen molar-refractivity contribution in [3.8, 4) is 0 Å². The zero-order chi connectivity index (χ0) is 9.84. The molecule has 1 fully saturated rings. The van der Waals surface area contributed by atoms with Crippen molar-refractivity contribution in [1.29, 1.82) is 0 Å². The van der Waals surface area contributed by atoms with Crippen LogP contribution in [0.5, 0.6) is 0 Å². The Morgan fingerprint density at radius 2 is 2.31 bits per heavy atom. The van der Waals surface area contributed by atoms with Gasteiger partial charge in [0.2, 0.25) is 5.91 Å². The van der Waals surface area contributed by atoms with Crippen molar-refractivity contribution in [1.82, 2.24) is 5.32 Å². The molecule has 2 unspecified atom stereocenters. The molecule has 3 N–H and O–H groups in total. The molecule has 1 rings (SSSR count). The SMILES string of the molecule is CC(N)CS(=O)CC(=O)NC1CC1. The van der Waals surface area contributed by atoms with Crippen LogP contribution in [0, 0.1) is 0 Å². The average Bonchev–Trinajstić information content (AvgIpc) is 2.67. The molecule has 13 heavy (non-hydrogen) atoms. The van der Waals surface area contributed by atoms with Crippen LogP contribution < -0.4 is 11.1 Å². The fourth-order valence-electron chi connectivity index (χ4n) is 0.995. The van der Waals surface area contributed by atoms with Crippen molar-refractivity contribution in [2.45, 2.75) is 31.8 Å². The molecule has 76 valence electrons. The van der Waals surface area contributed by atoms with E-state index < -0.39 is 10.8 Å². The first kappa shape index (κ1) is 10.7. The van der Waals surface area contributed by atoms with Crippen molar-refractivity contribution >= 4 is 16.7 Å². The van der Waals surface area contributed by atoms with E-state index in [1.54, 1.807) is 6.92 Å². The molecule has 0 spiro atoms. The Balaban J connectivity index is 2.14. The van der Waals surface area contributed by atoms with Crippen LogP contribution in [0.2, 0.25) is 0 Å². The molecule has 0 aliphatic heterocycles. The van der Waals surface area contributed by atoms with E-state index in [-0.39, 0.29) is 17.7 Å². The minimum atomic E-state index is -1.11. The highest BCUT2D eigenvalue weighted by atomic mass is 32.2. The summed E-state index contributed by atoms with van der Waals surface area (Å²) in [6.45, 7) is 1.79. The molecule has 1 saturated carbocycles. The molecule has 2 atom stereocenters. The third-order valence-electron chi connectivity index (χ3n) is 1.68. The van der Waals surface area contributed by atoms with Gasteiger partial charge in [-0.1, -0.05) is 0 Å². The molecular formula is C8H16N2O2S. The fourth-order valence-corrected chi connectivity index (χ4v) is 2.08. The zero-order valence-electron chi connectivity index (χ0n) is 7.79. The van der Waals surface area contributed by atoms with Crippen molar-refractivity contribution in [3.63, 3.8) is 0 Å². The van der Waals surface area contributed by atoms with Gasteiger partial charge >= 0.3 is 0 Å².